The van der Waals surface area contributed by atoms with Gasteiger partial charge < -0.3 is 5.32 Å². The quantitative estimate of drug-likeness (QED) is 0.792. The van der Waals surface area contributed by atoms with Crippen molar-refractivity contribution in [3.8, 4) is 0 Å². The van der Waals surface area contributed by atoms with E-state index >= 15 is 0 Å². The number of carbonyl (C=O) groups excluding carboxylic acids is 1. The molecule has 25 heavy (non-hydrogen) atoms. The maximum absolute atomic E-state index is 12.8. The molecule has 0 atom stereocenters. The summed E-state index contributed by atoms with van der Waals surface area (Å²) in [5, 5.41) is 2.66. The van der Waals surface area contributed by atoms with Gasteiger partial charge in [-0.1, -0.05) is 18.2 Å². The minimum Gasteiger partial charge on any atom is -0.352 e. The molecular formula is C18H21FN2O3S. The number of halogens is 1. The Morgan fingerprint density at radius 1 is 1.04 bits per heavy atom. The van der Waals surface area contributed by atoms with Crippen LogP contribution in [0.3, 0.4) is 0 Å². The Morgan fingerprint density at radius 3 is 2.36 bits per heavy atom. The zero-order valence-electron chi connectivity index (χ0n) is 14.2. The first-order valence-corrected chi connectivity index (χ1v) is 9.34. The van der Waals surface area contributed by atoms with E-state index < -0.39 is 10.0 Å². The lowest BCUT2D eigenvalue weighted by Crippen LogP contribution is -2.30. The van der Waals surface area contributed by atoms with Gasteiger partial charge in [0.25, 0.3) is 0 Å². The lowest BCUT2D eigenvalue weighted by Gasteiger charge is -2.09. The van der Waals surface area contributed by atoms with Crippen LogP contribution >= 0.6 is 0 Å². The normalized spacial score (nSPS) is 11.3. The van der Waals surface area contributed by atoms with Crippen LogP contribution in [0.25, 0.3) is 0 Å². The average molecular weight is 364 g/mol. The van der Waals surface area contributed by atoms with Gasteiger partial charge in [-0.05, 0) is 54.8 Å². The highest BCUT2D eigenvalue weighted by atomic mass is 32.2. The number of rotatable bonds is 7. The lowest BCUT2D eigenvalue weighted by atomic mass is 10.1. The minimum absolute atomic E-state index is 0.00447. The highest BCUT2D eigenvalue weighted by Gasteiger charge is 2.14. The van der Waals surface area contributed by atoms with Crippen molar-refractivity contribution in [2.24, 2.45) is 0 Å². The smallest absolute Gasteiger partial charge is 0.240 e. The SMILES string of the molecule is Cc1ccc(S(=O)(=O)NCCC(=O)NCc2ccc(F)cc2)cc1C. The number of sulfonamides is 1. The molecule has 0 spiro atoms. The second-order valence-electron chi connectivity index (χ2n) is 5.80. The van der Waals surface area contributed by atoms with Crippen LogP contribution in [0.15, 0.2) is 47.4 Å². The van der Waals surface area contributed by atoms with Gasteiger partial charge in [-0.2, -0.15) is 0 Å². The third kappa shape index (κ3) is 5.65. The highest BCUT2D eigenvalue weighted by molar-refractivity contribution is 7.89. The largest absolute Gasteiger partial charge is 0.352 e. The van der Waals surface area contributed by atoms with Crippen LogP contribution in [0.2, 0.25) is 0 Å². The van der Waals surface area contributed by atoms with Crippen molar-refractivity contribution < 1.29 is 17.6 Å². The summed E-state index contributed by atoms with van der Waals surface area (Å²) in [5.74, 6) is -0.622. The Kier molecular flexibility index (Phi) is 6.27. The van der Waals surface area contributed by atoms with Crippen molar-refractivity contribution in [2.75, 3.05) is 6.54 Å². The predicted octanol–water partition coefficient (Wildman–Crippen LogP) is 2.43. The zero-order chi connectivity index (χ0) is 18.4. The van der Waals surface area contributed by atoms with Crippen molar-refractivity contribution in [3.05, 3.63) is 65.0 Å². The van der Waals surface area contributed by atoms with Crippen molar-refractivity contribution in [3.63, 3.8) is 0 Å². The zero-order valence-corrected chi connectivity index (χ0v) is 15.0. The monoisotopic (exact) mass is 364 g/mol. The summed E-state index contributed by atoms with van der Waals surface area (Å²) in [4.78, 5) is 12.0. The van der Waals surface area contributed by atoms with Crippen LogP contribution in [0, 0.1) is 19.7 Å². The first-order chi connectivity index (χ1) is 11.8. The molecule has 134 valence electrons. The molecule has 0 bridgehead atoms. The number of hydrogen-bond donors (Lipinski definition) is 2. The second kappa shape index (κ2) is 8.22. The number of hydrogen-bond acceptors (Lipinski definition) is 3. The summed E-state index contributed by atoms with van der Waals surface area (Å²) in [6.45, 7) is 4.02. The molecular weight excluding hydrogens is 343 g/mol. The van der Waals surface area contributed by atoms with Crippen LogP contribution in [0.5, 0.6) is 0 Å². The summed E-state index contributed by atoms with van der Waals surface area (Å²) in [6, 6.07) is 10.7. The van der Waals surface area contributed by atoms with Crippen LogP contribution in [0.1, 0.15) is 23.1 Å². The molecule has 0 aliphatic carbocycles. The number of benzene rings is 2. The molecule has 7 heteroatoms. The first kappa shape index (κ1) is 19.1. The third-order valence-electron chi connectivity index (χ3n) is 3.84. The molecule has 2 aromatic carbocycles. The topological polar surface area (TPSA) is 75.3 Å². The van der Waals surface area contributed by atoms with Gasteiger partial charge >= 0.3 is 0 Å². The fourth-order valence-electron chi connectivity index (χ4n) is 2.15. The Labute approximate surface area is 147 Å². The van der Waals surface area contributed by atoms with Crippen molar-refractivity contribution >= 4 is 15.9 Å². The van der Waals surface area contributed by atoms with E-state index in [1.807, 2.05) is 13.8 Å². The van der Waals surface area contributed by atoms with E-state index in [1.54, 1.807) is 30.3 Å². The summed E-state index contributed by atoms with van der Waals surface area (Å²) in [5.41, 5.74) is 2.67. The molecule has 0 aromatic heterocycles. The van der Waals surface area contributed by atoms with E-state index in [0.29, 0.717) is 0 Å². The predicted molar refractivity (Wildman–Crippen MR) is 94.0 cm³/mol. The van der Waals surface area contributed by atoms with Gasteiger partial charge in [0.1, 0.15) is 5.82 Å². The lowest BCUT2D eigenvalue weighted by molar-refractivity contribution is -0.121. The number of amides is 1. The van der Waals surface area contributed by atoms with Gasteiger partial charge in [0.05, 0.1) is 4.90 Å². The third-order valence-corrected chi connectivity index (χ3v) is 5.29. The molecule has 0 saturated heterocycles. The molecule has 2 N–H and O–H groups in total. The van der Waals surface area contributed by atoms with E-state index in [-0.39, 0.29) is 36.1 Å². The molecule has 5 nitrogen and oxygen atoms in total. The van der Waals surface area contributed by atoms with E-state index in [2.05, 4.69) is 10.0 Å². The Bertz CT molecular complexity index is 849. The number of aryl methyl sites for hydroxylation is 2. The molecule has 0 saturated carbocycles. The molecule has 2 aromatic rings. The number of nitrogens with one attached hydrogen (secondary N) is 2. The molecule has 0 aliphatic heterocycles. The molecule has 0 heterocycles. The molecule has 0 unspecified atom stereocenters. The molecule has 0 fully saturated rings. The summed E-state index contributed by atoms with van der Waals surface area (Å²) < 4.78 is 39.6. The molecule has 0 radical (unpaired) electrons. The van der Waals surface area contributed by atoms with E-state index in [0.717, 1.165) is 16.7 Å². The second-order valence-corrected chi connectivity index (χ2v) is 7.56. The van der Waals surface area contributed by atoms with Gasteiger partial charge in [-0.15, -0.1) is 0 Å². The summed E-state index contributed by atoms with van der Waals surface area (Å²) >= 11 is 0. The summed E-state index contributed by atoms with van der Waals surface area (Å²) in [7, 11) is -3.64. The van der Waals surface area contributed by atoms with E-state index in [4.69, 9.17) is 0 Å². The molecule has 1 amide bonds. The van der Waals surface area contributed by atoms with Gasteiger partial charge in [0.2, 0.25) is 15.9 Å². The summed E-state index contributed by atoms with van der Waals surface area (Å²) in [6.07, 6.45) is 0.0191. The Hall–Kier alpha value is -2.25. The van der Waals surface area contributed by atoms with Crippen molar-refractivity contribution in [2.45, 2.75) is 31.7 Å². The van der Waals surface area contributed by atoms with E-state index in [1.165, 1.54) is 12.1 Å². The van der Waals surface area contributed by atoms with Crippen molar-refractivity contribution in [1.29, 1.82) is 0 Å². The van der Waals surface area contributed by atoms with Gasteiger partial charge in [0, 0.05) is 19.5 Å². The first-order valence-electron chi connectivity index (χ1n) is 7.86. The van der Waals surface area contributed by atoms with Gasteiger partial charge in [-0.25, -0.2) is 17.5 Å². The van der Waals surface area contributed by atoms with Crippen LogP contribution in [-0.4, -0.2) is 20.9 Å². The Morgan fingerprint density at radius 2 is 1.72 bits per heavy atom. The molecule has 2 rings (SSSR count). The van der Waals surface area contributed by atoms with Crippen LogP contribution in [-0.2, 0) is 21.4 Å². The maximum Gasteiger partial charge on any atom is 0.240 e. The van der Waals surface area contributed by atoms with Crippen molar-refractivity contribution in [1.82, 2.24) is 10.0 Å². The fraction of sp³-hybridized carbons (Fsp3) is 0.278. The minimum atomic E-state index is -3.64. The van der Waals surface area contributed by atoms with E-state index in [9.17, 15) is 17.6 Å². The average Bonchev–Trinajstić information content (AvgIpc) is 2.56. The standard InChI is InChI=1S/C18H21FN2O3S/c1-13-3-8-17(11-14(13)2)25(23,24)21-10-9-18(22)20-12-15-4-6-16(19)7-5-15/h3-8,11,21H,9-10,12H2,1-2H3,(H,20,22). The Balaban J connectivity index is 1.81. The van der Waals surface area contributed by atoms with Crippen LogP contribution < -0.4 is 10.0 Å². The highest BCUT2D eigenvalue weighted by Crippen LogP contribution is 2.14. The number of carbonyl (C=O) groups is 1. The van der Waals surface area contributed by atoms with Gasteiger partial charge in [0.15, 0.2) is 0 Å². The molecule has 0 aliphatic rings. The van der Waals surface area contributed by atoms with Gasteiger partial charge in [-0.3, -0.25) is 4.79 Å². The fourth-order valence-corrected chi connectivity index (χ4v) is 3.27. The maximum atomic E-state index is 12.8. The van der Waals surface area contributed by atoms with Crippen LogP contribution in [0.4, 0.5) is 4.39 Å².